The van der Waals surface area contributed by atoms with E-state index in [9.17, 15) is 8.42 Å². The monoisotopic (exact) mass is 352 g/mol. The first-order chi connectivity index (χ1) is 10.5. The van der Waals surface area contributed by atoms with E-state index < -0.39 is 10.0 Å². The van der Waals surface area contributed by atoms with Gasteiger partial charge in [0.2, 0.25) is 10.0 Å². The highest BCUT2D eigenvalue weighted by atomic mass is 35.5. The third-order valence-electron chi connectivity index (χ3n) is 4.11. The number of hydrogen-bond acceptors (Lipinski definition) is 3. The number of nitrogen functional groups attached to an aromatic ring is 1. The van der Waals surface area contributed by atoms with Crippen LogP contribution in [0.25, 0.3) is 0 Å². The molecule has 0 fully saturated rings. The maximum Gasteiger partial charge on any atom is 0.241 e. The molecule has 0 heterocycles. The molecule has 3 N–H and O–H groups in total. The zero-order chi connectivity index (χ0) is 15.7. The maximum absolute atomic E-state index is 12.6. The van der Waals surface area contributed by atoms with Crippen molar-refractivity contribution in [3.8, 4) is 0 Å². The van der Waals surface area contributed by atoms with Crippen molar-refractivity contribution in [1.82, 2.24) is 4.72 Å². The quantitative estimate of drug-likeness (QED) is 0.832. The molecule has 0 saturated carbocycles. The Morgan fingerprint density at radius 3 is 2.52 bits per heavy atom. The van der Waals surface area contributed by atoms with Gasteiger partial charge in [0.25, 0.3) is 0 Å². The summed E-state index contributed by atoms with van der Waals surface area (Å²) in [6, 6.07) is 12.4. The van der Waals surface area contributed by atoms with Gasteiger partial charge >= 0.3 is 0 Å². The van der Waals surface area contributed by atoms with Crippen LogP contribution in [0.3, 0.4) is 0 Å². The van der Waals surface area contributed by atoms with Gasteiger partial charge in [0.1, 0.15) is 0 Å². The second-order valence-electron chi connectivity index (χ2n) is 5.84. The Hall–Kier alpha value is -1.56. The number of rotatable bonds is 3. The first kappa shape index (κ1) is 17.8. The van der Waals surface area contributed by atoms with E-state index in [1.54, 1.807) is 12.1 Å². The zero-order valence-corrected chi connectivity index (χ0v) is 14.6. The number of halogens is 1. The molecule has 1 atom stereocenters. The molecular weight excluding hydrogens is 332 g/mol. The normalized spacial score (nSPS) is 17.2. The van der Waals surface area contributed by atoms with Crippen LogP contribution in [0.2, 0.25) is 0 Å². The molecule has 2 aromatic carbocycles. The largest absolute Gasteiger partial charge is 0.399 e. The fourth-order valence-corrected chi connectivity index (χ4v) is 4.18. The Kier molecular flexibility index (Phi) is 5.34. The van der Waals surface area contributed by atoms with E-state index in [0.717, 1.165) is 41.6 Å². The summed E-state index contributed by atoms with van der Waals surface area (Å²) in [6.45, 7) is 1.94. The van der Waals surface area contributed by atoms with E-state index in [1.807, 2.05) is 37.3 Å². The zero-order valence-electron chi connectivity index (χ0n) is 13.0. The molecule has 0 spiro atoms. The van der Waals surface area contributed by atoms with Gasteiger partial charge < -0.3 is 5.73 Å². The average molecular weight is 353 g/mol. The molecule has 1 unspecified atom stereocenters. The molecule has 6 heteroatoms. The van der Waals surface area contributed by atoms with Gasteiger partial charge in [-0.1, -0.05) is 23.8 Å². The van der Waals surface area contributed by atoms with Crippen LogP contribution in [0, 0.1) is 6.92 Å². The van der Waals surface area contributed by atoms with Crippen LogP contribution in [0.1, 0.15) is 35.6 Å². The van der Waals surface area contributed by atoms with Crippen molar-refractivity contribution < 1.29 is 8.42 Å². The lowest BCUT2D eigenvalue weighted by atomic mass is 9.88. The lowest BCUT2D eigenvalue weighted by Crippen LogP contribution is -2.31. The van der Waals surface area contributed by atoms with Gasteiger partial charge in [-0.2, -0.15) is 0 Å². The minimum atomic E-state index is -3.51. The molecule has 0 aliphatic heterocycles. The average Bonchev–Trinajstić information content (AvgIpc) is 2.47. The smallest absolute Gasteiger partial charge is 0.241 e. The second-order valence-corrected chi connectivity index (χ2v) is 7.55. The highest BCUT2D eigenvalue weighted by Gasteiger charge is 2.25. The fraction of sp³-hybridized carbons (Fsp3) is 0.294. The number of nitrogens with one attached hydrogen (secondary N) is 1. The summed E-state index contributed by atoms with van der Waals surface area (Å²) in [4.78, 5) is 0.306. The molecule has 0 radical (unpaired) electrons. The molecule has 23 heavy (non-hydrogen) atoms. The highest BCUT2D eigenvalue weighted by Crippen LogP contribution is 2.32. The van der Waals surface area contributed by atoms with Crippen LogP contribution in [0.4, 0.5) is 5.69 Å². The van der Waals surface area contributed by atoms with Crippen LogP contribution in [0.15, 0.2) is 47.4 Å². The molecular formula is C17H21ClN2O2S. The van der Waals surface area contributed by atoms with Gasteiger partial charge in [0.05, 0.1) is 4.90 Å². The molecule has 3 rings (SSSR count). The number of hydrogen-bond donors (Lipinski definition) is 2. The van der Waals surface area contributed by atoms with Crippen molar-refractivity contribution in [3.05, 3.63) is 59.2 Å². The Morgan fingerprint density at radius 2 is 1.83 bits per heavy atom. The molecule has 0 aromatic heterocycles. The van der Waals surface area contributed by atoms with Crippen molar-refractivity contribution in [2.24, 2.45) is 0 Å². The summed E-state index contributed by atoms with van der Waals surface area (Å²) in [5.41, 5.74) is 9.76. The predicted octanol–water partition coefficient (Wildman–Crippen LogP) is 3.35. The molecule has 0 saturated heterocycles. The number of benzene rings is 2. The predicted molar refractivity (Wildman–Crippen MR) is 95.3 cm³/mol. The number of anilines is 1. The van der Waals surface area contributed by atoms with E-state index in [2.05, 4.69) is 4.72 Å². The maximum atomic E-state index is 12.6. The highest BCUT2D eigenvalue weighted by molar-refractivity contribution is 7.89. The lowest BCUT2D eigenvalue weighted by molar-refractivity contribution is 0.507. The summed E-state index contributed by atoms with van der Waals surface area (Å²) >= 11 is 0. The van der Waals surface area contributed by atoms with E-state index in [-0.39, 0.29) is 18.4 Å². The van der Waals surface area contributed by atoms with Gasteiger partial charge in [-0.25, -0.2) is 13.1 Å². The molecule has 4 nitrogen and oxygen atoms in total. The van der Waals surface area contributed by atoms with Crippen LogP contribution in [-0.2, 0) is 16.4 Å². The summed E-state index contributed by atoms with van der Waals surface area (Å²) in [7, 11) is -3.51. The van der Waals surface area contributed by atoms with E-state index >= 15 is 0 Å². The molecule has 1 aliphatic carbocycles. The number of sulfonamides is 1. The second kappa shape index (κ2) is 6.91. The fourth-order valence-electron chi connectivity index (χ4n) is 2.93. The first-order valence-corrected chi connectivity index (χ1v) is 8.91. The van der Waals surface area contributed by atoms with Crippen molar-refractivity contribution in [1.29, 1.82) is 0 Å². The van der Waals surface area contributed by atoms with Crippen molar-refractivity contribution in [3.63, 3.8) is 0 Å². The minimum Gasteiger partial charge on any atom is -0.399 e. The summed E-state index contributed by atoms with van der Waals surface area (Å²) in [5, 5.41) is 0. The van der Waals surface area contributed by atoms with Gasteiger partial charge in [-0.3, -0.25) is 0 Å². The van der Waals surface area contributed by atoms with Gasteiger partial charge in [0.15, 0.2) is 0 Å². The summed E-state index contributed by atoms with van der Waals surface area (Å²) in [6.07, 6.45) is 2.71. The van der Waals surface area contributed by atoms with Crippen molar-refractivity contribution >= 4 is 28.1 Å². The molecule has 1 aliphatic rings. The molecule has 0 bridgehead atoms. The van der Waals surface area contributed by atoms with Gasteiger partial charge in [-0.05, 0) is 61.6 Å². The molecule has 0 amide bonds. The van der Waals surface area contributed by atoms with Crippen LogP contribution >= 0.6 is 12.4 Å². The summed E-state index contributed by atoms with van der Waals surface area (Å²) in [5.74, 6) is 0. The van der Waals surface area contributed by atoms with E-state index in [4.69, 9.17) is 5.73 Å². The number of nitrogens with two attached hydrogens (primary N) is 1. The lowest BCUT2D eigenvalue weighted by Gasteiger charge is -2.26. The Balaban J connectivity index is 0.00000192. The van der Waals surface area contributed by atoms with Crippen molar-refractivity contribution in [2.75, 3.05) is 5.73 Å². The van der Waals surface area contributed by atoms with Crippen LogP contribution in [-0.4, -0.2) is 8.42 Å². The third-order valence-corrected chi connectivity index (χ3v) is 5.60. The minimum absolute atomic E-state index is 0. The molecule has 2 aromatic rings. The van der Waals surface area contributed by atoms with Gasteiger partial charge in [-0.15, -0.1) is 12.4 Å². The topological polar surface area (TPSA) is 72.2 Å². The third kappa shape index (κ3) is 3.86. The van der Waals surface area contributed by atoms with E-state index in [0.29, 0.717) is 4.90 Å². The Morgan fingerprint density at radius 1 is 1.13 bits per heavy atom. The van der Waals surface area contributed by atoms with Crippen LogP contribution < -0.4 is 10.5 Å². The van der Waals surface area contributed by atoms with Gasteiger partial charge in [0, 0.05) is 11.7 Å². The SMILES string of the molecule is Cc1ccc(S(=O)(=O)NC2CCCc3cc(N)ccc32)cc1.Cl. The number of aryl methyl sites for hydroxylation is 2. The molecule has 124 valence electrons. The van der Waals surface area contributed by atoms with Crippen molar-refractivity contribution in [2.45, 2.75) is 37.1 Å². The van der Waals surface area contributed by atoms with E-state index in [1.165, 1.54) is 0 Å². The number of fused-ring (bicyclic) bond motifs is 1. The Labute approximate surface area is 143 Å². The van der Waals surface area contributed by atoms with Crippen LogP contribution in [0.5, 0.6) is 0 Å². The Bertz CT molecular complexity index is 789. The summed E-state index contributed by atoms with van der Waals surface area (Å²) < 4.78 is 27.9. The standard InChI is InChI=1S/C17H20N2O2S.ClH/c1-12-5-8-15(9-6-12)22(20,21)19-17-4-2-3-13-11-14(18)7-10-16(13)17;/h5-11,17,19H,2-4,18H2,1H3;1H. The first-order valence-electron chi connectivity index (χ1n) is 7.43.